The fourth-order valence-electron chi connectivity index (χ4n) is 3.04. The molecule has 1 saturated carbocycles. The minimum absolute atomic E-state index is 0.217. The molecular weight excluding hydrogens is 260 g/mol. The van der Waals surface area contributed by atoms with Crippen molar-refractivity contribution in [3.63, 3.8) is 0 Å². The van der Waals surface area contributed by atoms with Gasteiger partial charge in [0.2, 0.25) is 0 Å². The van der Waals surface area contributed by atoms with Crippen molar-refractivity contribution in [2.24, 2.45) is 5.92 Å². The SMILES string of the molecule is CC1CCCC(CNc2cc(Cl)ncn2)(N(C)C)C1. The van der Waals surface area contributed by atoms with Gasteiger partial charge in [-0.15, -0.1) is 0 Å². The Kier molecular flexibility index (Phi) is 4.63. The van der Waals surface area contributed by atoms with E-state index in [9.17, 15) is 0 Å². The molecule has 1 fully saturated rings. The Morgan fingerprint density at radius 2 is 2.26 bits per heavy atom. The van der Waals surface area contributed by atoms with Crippen molar-refractivity contribution in [1.82, 2.24) is 14.9 Å². The van der Waals surface area contributed by atoms with Crippen LogP contribution in [-0.4, -0.2) is 41.0 Å². The Bertz CT molecular complexity index is 424. The summed E-state index contributed by atoms with van der Waals surface area (Å²) in [6.45, 7) is 3.25. The molecule has 0 aliphatic heterocycles. The van der Waals surface area contributed by atoms with E-state index in [2.05, 4.69) is 41.2 Å². The van der Waals surface area contributed by atoms with Gasteiger partial charge in [-0.1, -0.05) is 31.4 Å². The van der Waals surface area contributed by atoms with Gasteiger partial charge in [-0.25, -0.2) is 9.97 Å². The lowest BCUT2D eigenvalue weighted by Gasteiger charge is -2.45. The molecule has 0 bridgehead atoms. The summed E-state index contributed by atoms with van der Waals surface area (Å²) in [6, 6.07) is 1.77. The first-order valence-corrected chi connectivity index (χ1v) is 7.28. The molecule has 5 heteroatoms. The van der Waals surface area contributed by atoms with Crippen molar-refractivity contribution in [1.29, 1.82) is 0 Å². The number of hydrogen-bond acceptors (Lipinski definition) is 4. The molecule has 2 rings (SSSR count). The van der Waals surface area contributed by atoms with Crippen molar-refractivity contribution < 1.29 is 0 Å². The van der Waals surface area contributed by atoms with E-state index in [0.29, 0.717) is 5.15 Å². The summed E-state index contributed by atoms with van der Waals surface area (Å²) in [4.78, 5) is 10.5. The monoisotopic (exact) mass is 282 g/mol. The molecular formula is C14H23ClN4. The molecule has 1 aliphatic carbocycles. The third-order valence-corrected chi connectivity index (χ3v) is 4.46. The number of nitrogens with one attached hydrogen (secondary N) is 1. The fourth-order valence-corrected chi connectivity index (χ4v) is 3.19. The molecule has 1 aromatic rings. The maximum atomic E-state index is 5.89. The number of hydrogen-bond donors (Lipinski definition) is 1. The van der Waals surface area contributed by atoms with Gasteiger partial charge in [-0.2, -0.15) is 0 Å². The zero-order valence-electron chi connectivity index (χ0n) is 12.0. The smallest absolute Gasteiger partial charge is 0.134 e. The van der Waals surface area contributed by atoms with Gasteiger partial charge in [0, 0.05) is 18.2 Å². The highest BCUT2D eigenvalue weighted by Gasteiger charge is 2.36. The van der Waals surface area contributed by atoms with Crippen LogP contribution in [0.4, 0.5) is 5.82 Å². The molecule has 1 heterocycles. The molecule has 0 radical (unpaired) electrons. The number of nitrogens with zero attached hydrogens (tertiary/aromatic N) is 3. The van der Waals surface area contributed by atoms with E-state index in [-0.39, 0.29) is 5.54 Å². The molecule has 1 aliphatic rings. The topological polar surface area (TPSA) is 41.1 Å². The molecule has 1 N–H and O–H groups in total. The van der Waals surface area contributed by atoms with Crippen molar-refractivity contribution in [3.8, 4) is 0 Å². The molecule has 4 nitrogen and oxygen atoms in total. The summed E-state index contributed by atoms with van der Waals surface area (Å²) in [5.41, 5.74) is 0.217. The second-order valence-electron chi connectivity index (χ2n) is 5.90. The van der Waals surface area contributed by atoms with E-state index < -0.39 is 0 Å². The molecule has 106 valence electrons. The number of rotatable bonds is 4. The highest BCUT2D eigenvalue weighted by atomic mass is 35.5. The van der Waals surface area contributed by atoms with Crippen molar-refractivity contribution in [2.45, 2.75) is 38.1 Å². The Morgan fingerprint density at radius 1 is 1.47 bits per heavy atom. The standard InChI is InChI=1S/C14H23ClN4/c1-11-5-4-6-14(8-11,19(2)3)9-16-13-7-12(15)17-10-18-13/h7,10-11H,4-6,8-9H2,1-3H3,(H,16,17,18). The van der Waals surface area contributed by atoms with Gasteiger partial charge in [-0.3, -0.25) is 0 Å². The fraction of sp³-hybridized carbons (Fsp3) is 0.714. The predicted octanol–water partition coefficient (Wildman–Crippen LogP) is 3.05. The lowest BCUT2D eigenvalue weighted by atomic mass is 9.75. The summed E-state index contributed by atoms with van der Waals surface area (Å²) in [5, 5.41) is 3.90. The lowest BCUT2D eigenvalue weighted by Crippen LogP contribution is -2.52. The number of halogens is 1. The second-order valence-corrected chi connectivity index (χ2v) is 6.29. The predicted molar refractivity (Wildman–Crippen MR) is 79.6 cm³/mol. The zero-order valence-corrected chi connectivity index (χ0v) is 12.7. The minimum atomic E-state index is 0.217. The Morgan fingerprint density at radius 3 is 2.89 bits per heavy atom. The van der Waals surface area contributed by atoms with Gasteiger partial charge in [0.15, 0.2) is 0 Å². The Hall–Kier alpha value is -0.870. The Balaban J connectivity index is 2.05. The van der Waals surface area contributed by atoms with Crippen LogP contribution in [0.25, 0.3) is 0 Å². The maximum absolute atomic E-state index is 5.89. The average molecular weight is 283 g/mol. The van der Waals surface area contributed by atoms with E-state index >= 15 is 0 Å². The van der Waals surface area contributed by atoms with E-state index in [1.54, 1.807) is 6.07 Å². The summed E-state index contributed by atoms with van der Waals surface area (Å²) >= 11 is 5.89. The first-order chi connectivity index (χ1) is 9.02. The normalized spacial score (nSPS) is 27.5. The molecule has 0 spiro atoms. The lowest BCUT2D eigenvalue weighted by molar-refractivity contribution is 0.0881. The largest absolute Gasteiger partial charge is 0.368 e. The molecule has 2 unspecified atom stereocenters. The van der Waals surface area contributed by atoms with Crippen LogP contribution in [0.5, 0.6) is 0 Å². The number of anilines is 1. The third kappa shape index (κ3) is 3.57. The number of aromatic nitrogens is 2. The van der Waals surface area contributed by atoms with E-state index in [1.807, 2.05) is 0 Å². The third-order valence-electron chi connectivity index (χ3n) is 4.25. The molecule has 0 amide bonds. The van der Waals surface area contributed by atoms with Gasteiger partial charge < -0.3 is 10.2 Å². The van der Waals surface area contributed by atoms with Crippen LogP contribution in [0.15, 0.2) is 12.4 Å². The van der Waals surface area contributed by atoms with Crippen molar-refractivity contribution in [2.75, 3.05) is 26.0 Å². The zero-order chi connectivity index (χ0) is 13.9. The summed E-state index contributed by atoms with van der Waals surface area (Å²) in [6.07, 6.45) is 6.60. The van der Waals surface area contributed by atoms with Gasteiger partial charge >= 0.3 is 0 Å². The van der Waals surface area contributed by atoms with Crippen LogP contribution in [0, 0.1) is 5.92 Å². The van der Waals surface area contributed by atoms with Crippen molar-refractivity contribution in [3.05, 3.63) is 17.5 Å². The van der Waals surface area contributed by atoms with Gasteiger partial charge in [0.05, 0.1) is 0 Å². The average Bonchev–Trinajstić information content (AvgIpc) is 2.36. The highest BCUT2D eigenvalue weighted by molar-refractivity contribution is 6.29. The first kappa shape index (κ1) is 14.5. The molecule has 2 atom stereocenters. The molecule has 1 aromatic heterocycles. The maximum Gasteiger partial charge on any atom is 0.134 e. The van der Waals surface area contributed by atoms with Crippen LogP contribution in [0.2, 0.25) is 5.15 Å². The number of likely N-dealkylation sites (N-methyl/N-ethyl adjacent to an activating group) is 1. The van der Waals surface area contributed by atoms with Crippen LogP contribution >= 0.6 is 11.6 Å². The molecule has 0 saturated heterocycles. The highest BCUT2D eigenvalue weighted by Crippen LogP contribution is 2.35. The molecule has 0 aromatic carbocycles. The van der Waals surface area contributed by atoms with Crippen molar-refractivity contribution >= 4 is 17.4 Å². The second kappa shape index (κ2) is 6.06. The first-order valence-electron chi connectivity index (χ1n) is 6.91. The summed E-state index contributed by atoms with van der Waals surface area (Å²) in [7, 11) is 4.35. The minimum Gasteiger partial charge on any atom is -0.368 e. The van der Waals surface area contributed by atoms with E-state index in [0.717, 1.165) is 18.3 Å². The molecule has 19 heavy (non-hydrogen) atoms. The van der Waals surface area contributed by atoms with Crippen LogP contribution in [0.1, 0.15) is 32.6 Å². The van der Waals surface area contributed by atoms with Gasteiger partial charge in [-0.05, 0) is 32.9 Å². The van der Waals surface area contributed by atoms with Crippen LogP contribution in [0.3, 0.4) is 0 Å². The van der Waals surface area contributed by atoms with Crippen LogP contribution < -0.4 is 5.32 Å². The quantitative estimate of drug-likeness (QED) is 0.862. The van der Waals surface area contributed by atoms with Crippen LogP contribution in [-0.2, 0) is 0 Å². The van der Waals surface area contributed by atoms with E-state index in [4.69, 9.17) is 11.6 Å². The Labute approximate surface area is 120 Å². The van der Waals surface area contributed by atoms with Gasteiger partial charge in [0.1, 0.15) is 17.3 Å². The summed E-state index contributed by atoms with van der Waals surface area (Å²) < 4.78 is 0. The summed E-state index contributed by atoms with van der Waals surface area (Å²) in [5.74, 6) is 1.59. The van der Waals surface area contributed by atoms with E-state index in [1.165, 1.54) is 32.0 Å². The van der Waals surface area contributed by atoms with Gasteiger partial charge in [0.25, 0.3) is 0 Å².